The molecule has 0 saturated carbocycles. The maximum absolute atomic E-state index is 12.0. The van der Waals surface area contributed by atoms with Gasteiger partial charge in [0.15, 0.2) is 0 Å². The number of amides is 1. The lowest BCUT2D eigenvalue weighted by Crippen LogP contribution is -2.27. The Morgan fingerprint density at radius 1 is 1.28 bits per heavy atom. The van der Waals surface area contributed by atoms with Crippen molar-refractivity contribution in [2.75, 3.05) is 26.9 Å². The second kappa shape index (κ2) is 7.01. The standard InChI is InChI=1S/C14H21NO3/c1-5-18-13-9-10(2)12(8-11(13)3)14(16)15-6-7-17-4/h8-9H,5-7H2,1-4H3,(H,15,16). The van der Waals surface area contributed by atoms with Crippen molar-refractivity contribution >= 4 is 5.91 Å². The molecule has 1 rings (SSSR count). The van der Waals surface area contributed by atoms with Crippen molar-refractivity contribution in [1.82, 2.24) is 5.32 Å². The predicted molar refractivity (Wildman–Crippen MR) is 71.3 cm³/mol. The molecule has 0 unspecified atom stereocenters. The lowest BCUT2D eigenvalue weighted by atomic mass is 10.0. The first kappa shape index (κ1) is 14.5. The summed E-state index contributed by atoms with van der Waals surface area (Å²) >= 11 is 0. The van der Waals surface area contributed by atoms with Gasteiger partial charge in [0.1, 0.15) is 5.75 Å². The highest BCUT2D eigenvalue weighted by atomic mass is 16.5. The summed E-state index contributed by atoms with van der Waals surface area (Å²) in [7, 11) is 1.61. The van der Waals surface area contributed by atoms with Crippen LogP contribution in [0.15, 0.2) is 12.1 Å². The van der Waals surface area contributed by atoms with E-state index in [1.807, 2.05) is 32.9 Å². The van der Waals surface area contributed by atoms with E-state index in [4.69, 9.17) is 9.47 Å². The number of aryl methyl sites for hydroxylation is 2. The first-order valence-electron chi connectivity index (χ1n) is 6.11. The molecule has 0 bridgehead atoms. The summed E-state index contributed by atoms with van der Waals surface area (Å²) in [6.07, 6.45) is 0. The van der Waals surface area contributed by atoms with Gasteiger partial charge in [0.25, 0.3) is 5.91 Å². The van der Waals surface area contributed by atoms with Crippen LogP contribution in [-0.4, -0.2) is 32.8 Å². The average molecular weight is 251 g/mol. The SMILES string of the molecule is CCOc1cc(C)c(C(=O)NCCOC)cc1C. The van der Waals surface area contributed by atoms with Gasteiger partial charge in [-0.2, -0.15) is 0 Å². The van der Waals surface area contributed by atoms with Crippen LogP contribution < -0.4 is 10.1 Å². The van der Waals surface area contributed by atoms with Gasteiger partial charge in [-0.15, -0.1) is 0 Å². The van der Waals surface area contributed by atoms with Crippen LogP contribution in [0.3, 0.4) is 0 Å². The van der Waals surface area contributed by atoms with E-state index in [-0.39, 0.29) is 5.91 Å². The quantitative estimate of drug-likeness (QED) is 0.787. The lowest BCUT2D eigenvalue weighted by Gasteiger charge is -2.12. The number of nitrogens with one attached hydrogen (secondary N) is 1. The summed E-state index contributed by atoms with van der Waals surface area (Å²) in [4.78, 5) is 12.0. The molecule has 18 heavy (non-hydrogen) atoms. The van der Waals surface area contributed by atoms with Gasteiger partial charge in [0, 0.05) is 19.2 Å². The van der Waals surface area contributed by atoms with E-state index in [1.165, 1.54) is 0 Å². The van der Waals surface area contributed by atoms with Crippen LogP contribution in [-0.2, 0) is 4.74 Å². The van der Waals surface area contributed by atoms with Crippen LogP contribution >= 0.6 is 0 Å². The number of hydrogen-bond acceptors (Lipinski definition) is 3. The van der Waals surface area contributed by atoms with Crippen LogP contribution in [0.1, 0.15) is 28.4 Å². The maximum Gasteiger partial charge on any atom is 0.251 e. The van der Waals surface area contributed by atoms with Gasteiger partial charge >= 0.3 is 0 Å². The number of hydrogen-bond donors (Lipinski definition) is 1. The normalized spacial score (nSPS) is 10.2. The molecule has 0 aliphatic heterocycles. The molecule has 0 radical (unpaired) electrons. The molecular weight excluding hydrogens is 230 g/mol. The monoisotopic (exact) mass is 251 g/mol. The van der Waals surface area contributed by atoms with Crippen LogP contribution in [0.5, 0.6) is 5.75 Å². The van der Waals surface area contributed by atoms with Crippen LogP contribution in [0.25, 0.3) is 0 Å². The van der Waals surface area contributed by atoms with E-state index in [2.05, 4.69) is 5.32 Å². The third-order valence-electron chi connectivity index (χ3n) is 2.66. The summed E-state index contributed by atoms with van der Waals surface area (Å²) in [6, 6.07) is 3.77. The van der Waals surface area contributed by atoms with E-state index in [0.717, 1.165) is 16.9 Å². The first-order chi connectivity index (χ1) is 8.60. The van der Waals surface area contributed by atoms with Gasteiger partial charge in [-0.25, -0.2) is 0 Å². The molecule has 1 N–H and O–H groups in total. The lowest BCUT2D eigenvalue weighted by molar-refractivity contribution is 0.0936. The van der Waals surface area contributed by atoms with Gasteiger partial charge in [-0.1, -0.05) is 0 Å². The predicted octanol–water partition coefficient (Wildman–Crippen LogP) is 2.08. The topological polar surface area (TPSA) is 47.6 Å². The summed E-state index contributed by atoms with van der Waals surface area (Å²) in [5.74, 6) is 0.763. The Bertz CT molecular complexity index is 416. The number of carbonyl (C=O) groups excluding carboxylic acids is 1. The van der Waals surface area contributed by atoms with Crippen molar-refractivity contribution in [2.24, 2.45) is 0 Å². The number of carbonyl (C=O) groups is 1. The molecule has 0 atom stereocenters. The molecule has 1 amide bonds. The fourth-order valence-corrected chi connectivity index (χ4v) is 1.71. The van der Waals surface area contributed by atoms with Crippen molar-refractivity contribution < 1.29 is 14.3 Å². The van der Waals surface area contributed by atoms with Gasteiger partial charge in [0.05, 0.1) is 13.2 Å². The Balaban J connectivity index is 2.83. The molecule has 4 nitrogen and oxygen atoms in total. The average Bonchev–Trinajstić information content (AvgIpc) is 2.34. The van der Waals surface area contributed by atoms with Crippen molar-refractivity contribution in [2.45, 2.75) is 20.8 Å². The Morgan fingerprint density at radius 2 is 2.00 bits per heavy atom. The second-order valence-electron chi connectivity index (χ2n) is 4.11. The summed E-state index contributed by atoms with van der Waals surface area (Å²) < 4.78 is 10.4. The van der Waals surface area contributed by atoms with Gasteiger partial charge in [-0.05, 0) is 44.0 Å². The van der Waals surface area contributed by atoms with Gasteiger partial charge in [-0.3, -0.25) is 4.79 Å². The molecule has 0 heterocycles. The molecule has 1 aromatic carbocycles. The molecule has 4 heteroatoms. The second-order valence-corrected chi connectivity index (χ2v) is 4.11. The largest absolute Gasteiger partial charge is 0.494 e. The van der Waals surface area contributed by atoms with E-state index < -0.39 is 0 Å². The highest BCUT2D eigenvalue weighted by molar-refractivity contribution is 5.96. The van der Waals surface area contributed by atoms with Crippen molar-refractivity contribution in [3.8, 4) is 5.75 Å². The number of benzene rings is 1. The van der Waals surface area contributed by atoms with Crippen LogP contribution in [0.2, 0.25) is 0 Å². The van der Waals surface area contributed by atoms with Crippen molar-refractivity contribution in [3.63, 3.8) is 0 Å². The van der Waals surface area contributed by atoms with Crippen molar-refractivity contribution in [3.05, 3.63) is 28.8 Å². The van der Waals surface area contributed by atoms with Crippen molar-refractivity contribution in [1.29, 1.82) is 0 Å². The molecule has 0 aliphatic carbocycles. The molecule has 100 valence electrons. The third kappa shape index (κ3) is 3.74. The fraction of sp³-hybridized carbons (Fsp3) is 0.500. The molecule has 1 aromatic rings. The van der Waals surface area contributed by atoms with Gasteiger partial charge in [0.2, 0.25) is 0 Å². The number of ether oxygens (including phenoxy) is 2. The third-order valence-corrected chi connectivity index (χ3v) is 2.66. The summed E-state index contributed by atoms with van der Waals surface area (Å²) in [5.41, 5.74) is 2.57. The minimum atomic E-state index is -0.0734. The van der Waals surface area contributed by atoms with E-state index >= 15 is 0 Å². The highest BCUT2D eigenvalue weighted by Crippen LogP contribution is 2.22. The summed E-state index contributed by atoms with van der Waals surface area (Å²) in [5, 5.41) is 2.81. The maximum atomic E-state index is 12.0. The zero-order chi connectivity index (χ0) is 13.5. The molecule has 0 fully saturated rings. The van der Waals surface area contributed by atoms with E-state index in [1.54, 1.807) is 7.11 Å². The number of rotatable bonds is 6. The van der Waals surface area contributed by atoms with Crippen LogP contribution in [0, 0.1) is 13.8 Å². The zero-order valence-electron chi connectivity index (χ0n) is 11.5. The zero-order valence-corrected chi connectivity index (χ0v) is 11.5. The Hall–Kier alpha value is -1.55. The summed E-state index contributed by atoms with van der Waals surface area (Å²) in [6.45, 7) is 7.45. The Labute approximate surface area is 108 Å². The smallest absolute Gasteiger partial charge is 0.251 e. The highest BCUT2D eigenvalue weighted by Gasteiger charge is 2.11. The Morgan fingerprint density at radius 3 is 2.61 bits per heavy atom. The van der Waals surface area contributed by atoms with Gasteiger partial charge < -0.3 is 14.8 Å². The first-order valence-corrected chi connectivity index (χ1v) is 6.11. The Kier molecular flexibility index (Phi) is 5.65. The van der Waals surface area contributed by atoms with Crippen LogP contribution in [0.4, 0.5) is 0 Å². The minimum absolute atomic E-state index is 0.0734. The molecule has 0 aromatic heterocycles. The van der Waals surface area contributed by atoms with E-state index in [0.29, 0.717) is 25.3 Å². The molecule has 0 spiro atoms. The van der Waals surface area contributed by atoms with E-state index in [9.17, 15) is 4.79 Å². The number of methoxy groups -OCH3 is 1. The molecular formula is C14H21NO3. The minimum Gasteiger partial charge on any atom is -0.494 e. The molecule has 0 aliphatic rings. The molecule has 0 saturated heterocycles. The fourth-order valence-electron chi connectivity index (χ4n) is 1.71.